The summed E-state index contributed by atoms with van der Waals surface area (Å²) in [6, 6.07) is 0.0714. The van der Waals surface area contributed by atoms with Gasteiger partial charge in [0.1, 0.15) is 6.10 Å². The van der Waals surface area contributed by atoms with Crippen LogP contribution in [0.1, 0.15) is 19.8 Å². The van der Waals surface area contributed by atoms with Crippen LogP contribution in [0.3, 0.4) is 0 Å². The molecule has 0 spiro atoms. The number of ether oxygens (including phenoxy) is 2. The molecular weight excluding hydrogens is 198 g/mol. The van der Waals surface area contributed by atoms with Gasteiger partial charge in [-0.1, -0.05) is 0 Å². The van der Waals surface area contributed by atoms with E-state index in [4.69, 9.17) is 4.74 Å². The second kappa shape index (κ2) is 3.81. The maximum atomic E-state index is 11.1. The quantitative estimate of drug-likeness (QED) is 0.522. The zero-order chi connectivity index (χ0) is 11.0. The molecule has 84 valence electrons. The highest BCUT2D eigenvalue weighted by molar-refractivity contribution is 5.73. The zero-order valence-electron chi connectivity index (χ0n) is 8.86. The van der Waals surface area contributed by atoms with Gasteiger partial charge in [-0.05, 0) is 6.42 Å². The van der Waals surface area contributed by atoms with Gasteiger partial charge < -0.3 is 14.8 Å². The van der Waals surface area contributed by atoms with Gasteiger partial charge in [0.05, 0.1) is 25.7 Å². The van der Waals surface area contributed by atoms with Crippen molar-refractivity contribution < 1.29 is 19.1 Å². The average Bonchev–Trinajstić information content (AvgIpc) is 2.88. The highest BCUT2D eigenvalue weighted by Gasteiger charge is 2.57. The molecule has 5 heteroatoms. The fourth-order valence-corrected chi connectivity index (χ4v) is 2.33. The number of amides is 1. The molecule has 0 radical (unpaired) electrons. The lowest BCUT2D eigenvalue weighted by atomic mass is 10.0. The molecule has 1 N–H and O–H groups in total. The number of fused-ring (bicyclic) bond motifs is 1. The predicted octanol–water partition coefficient (Wildman–Crippen LogP) is -0.159. The number of methoxy groups -OCH3 is 1. The largest absolute Gasteiger partial charge is 0.469 e. The van der Waals surface area contributed by atoms with E-state index in [0.29, 0.717) is 6.42 Å². The van der Waals surface area contributed by atoms with Crippen LogP contribution in [0.4, 0.5) is 0 Å². The first-order chi connectivity index (χ1) is 7.11. The Morgan fingerprint density at radius 3 is 2.80 bits per heavy atom. The van der Waals surface area contributed by atoms with E-state index in [9.17, 15) is 9.59 Å². The van der Waals surface area contributed by atoms with E-state index >= 15 is 0 Å². The van der Waals surface area contributed by atoms with E-state index in [1.807, 2.05) is 0 Å². The summed E-state index contributed by atoms with van der Waals surface area (Å²) in [5.74, 6) is -0.0648. The van der Waals surface area contributed by atoms with E-state index in [1.54, 1.807) is 0 Å². The molecule has 2 fully saturated rings. The molecule has 1 saturated heterocycles. The molecule has 0 bridgehead atoms. The second-order valence-corrected chi connectivity index (χ2v) is 4.15. The first-order valence-electron chi connectivity index (χ1n) is 5.11. The molecule has 1 amide bonds. The van der Waals surface area contributed by atoms with Gasteiger partial charge in [0.15, 0.2) is 0 Å². The van der Waals surface area contributed by atoms with Gasteiger partial charge in [0, 0.05) is 12.8 Å². The summed E-state index contributed by atoms with van der Waals surface area (Å²) in [5.41, 5.74) is 0. The van der Waals surface area contributed by atoms with Crippen molar-refractivity contribution in [1.82, 2.24) is 5.32 Å². The van der Waals surface area contributed by atoms with Crippen molar-refractivity contribution in [3.63, 3.8) is 0 Å². The maximum absolute atomic E-state index is 11.1. The van der Waals surface area contributed by atoms with Crippen LogP contribution >= 0.6 is 0 Å². The smallest absolute Gasteiger partial charge is 0.305 e. The van der Waals surface area contributed by atoms with Crippen molar-refractivity contribution in [3.05, 3.63) is 0 Å². The van der Waals surface area contributed by atoms with Crippen molar-refractivity contribution in [2.75, 3.05) is 7.11 Å². The Balaban J connectivity index is 1.86. The third-order valence-electron chi connectivity index (χ3n) is 3.02. The SMILES string of the molecule is COC(=O)C[C@@H]1C[C@H](NC(C)=O)[C@@H]2O[C@H]12. The van der Waals surface area contributed by atoms with E-state index in [2.05, 4.69) is 10.1 Å². The third kappa shape index (κ3) is 2.12. The zero-order valence-corrected chi connectivity index (χ0v) is 8.86. The standard InChI is InChI=1S/C10H15NO4/c1-5(12)11-7-3-6(4-8(13)14-2)9-10(7)15-9/h6-7,9-10H,3-4H2,1-2H3,(H,11,12)/t6-,7-,9+,10-/m0/s1. The van der Waals surface area contributed by atoms with Gasteiger partial charge in [0.25, 0.3) is 0 Å². The van der Waals surface area contributed by atoms with Crippen LogP contribution in [0.15, 0.2) is 0 Å². The molecule has 1 aliphatic heterocycles. The molecule has 0 aromatic carbocycles. The van der Waals surface area contributed by atoms with Gasteiger partial charge in [-0.15, -0.1) is 0 Å². The van der Waals surface area contributed by atoms with E-state index in [1.165, 1.54) is 14.0 Å². The Morgan fingerprint density at radius 2 is 2.20 bits per heavy atom. The van der Waals surface area contributed by atoms with Crippen molar-refractivity contribution in [3.8, 4) is 0 Å². The molecule has 1 aliphatic carbocycles. The topological polar surface area (TPSA) is 67.9 Å². The molecule has 2 rings (SSSR count). The normalized spacial score (nSPS) is 36.9. The number of hydrogen-bond acceptors (Lipinski definition) is 4. The van der Waals surface area contributed by atoms with Crippen molar-refractivity contribution in [2.45, 2.75) is 38.0 Å². The number of epoxide rings is 1. The molecule has 1 saturated carbocycles. The van der Waals surface area contributed by atoms with Crippen LogP contribution in [0.2, 0.25) is 0 Å². The van der Waals surface area contributed by atoms with Crippen LogP contribution in [-0.2, 0) is 19.1 Å². The fraction of sp³-hybridized carbons (Fsp3) is 0.800. The van der Waals surface area contributed by atoms with Crippen LogP contribution < -0.4 is 5.32 Å². The molecule has 4 atom stereocenters. The lowest BCUT2D eigenvalue weighted by Crippen LogP contribution is -2.35. The highest BCUT2D eigenvalue weighted by atomic mass is 16.6. The summed E-state index contributed by atoms with van der Waals surface area (Å²) in [6.07, 6.45) is 1.45. The lowest BCUT2D eigenvalue weighted by Gasteiger charge is -2.15. The van der Waals surface area contributed by atoms with Crippen molar-refractivity contribution in [2.24, 2.45) is 5.92 Å². The molecular formula is C10H15NO4. The van der Waals surface area contributed by atoms with Crippen LogP contribution in [-0.4, -0.2) is 37.2 Å². The number of carbonyl (C=O) groups is 2. The third-order valence-corrected chi connectivity index (χ3v) is 3.02. The second-order valence-electron chi connectivity index (χ2n) is 4.15. The Bertz CT molecular complexity index is 291. The first-order valence-corrected chi connectivity index (χ1v) is 5.11. The molecule has 0 unspecified atom stereocenters. The predicted molar refractivity (Wildman–Crippen MR) is 51.0 cm³/mol. The van der Waals surface area contributed by atoms with Crippen molar-refractivity contribution >= 4 is 11.9 Å². The van der Waals surface area contributed by atoms with Gasteiger partial charge in [-0.25, -0.2) is 0 Å². The maximum Gasteiger partial charge on any atom is 0.305 e. The molecule has 2 aliphatic rings. The number of esters is 1. The minimum atomic E-state index is -0.210. The number of hydrogen-bond donors (Lipinski definition) is 1. The monoisotopic (exact) mass is 213 g/mol. The Morgan fingerprint density at radius 1 is 1.47 bits per heavy atom. The molecule has 1 heterocycles. The Kier molecular flexibility index (Phi) is 2.65. The Labute approximate surface area is 88.1 Å². The number of nitrogens with one attached hydrogen (secondary N) is 1. The average molecular weight is 213 g/mol. The van der Waals surface area contributed by atoms with Crippen LogP contribution in [0.25, 0.3) is 0 Å². The fourth-order valence-electron chi connectivity index (χ4n) is 2.33. The molecule has 5 nitrogen and oxygen atoms in total. The van der Waals surface area contributed by atoms with Gasteiger partial charge in [0.2, 0.25) is 5.91 Å². The van der Waals surface area contributed by atoms with Gasteiger partial charge >= 0.3 is 5.97 Å². The summed E-state index contributed by atoms with van der Waals surface area (Å²) < 4.78 is 10.0. The first kappa shape index (κ1) is 10.4. The summed E-state index contributed by atoms with van der Waals surface area (Å²) in [7, 11) is 1.38. The lowest BCUT2D eigenvalue weighted by molar-refractivity contribution is -0.141. The molecule has 0 aromatic rings. The minimum Gasteiger partial charge on any atom is -0.469 e. The van der Waals surface area contributed by atoms with E-state index in [0.717, 1.165) is 6.42 Å². The van der Waals surface area contributed by atoms with Crippen molar-refractivity contribution in [1.29, 1.82) is 0 Å². The van der Waals surface area contributed by atoms with Crippen LogP contribution in [0, 0.1) is 5.92 Å². The Hall–Kier alpha value is -1.10. The summed E-state index contributed by atoms with van der Waals surface area (Å²) in [4.78, 5) is 22.0. The van der Waals surface area contributed by atoms with Gasteiger partial charge in [-0.2, -0.15) is 0 Å². The van der Waals surface area contributed by atoms with E-state index < -0.39 is 0 Å². The highest BCUT2D eigenvalue weighted by Crippen LogP contribution is 2.44. The molecule has 15 heavy (non-hydrogen) atoms. The summed E-state index contributed by atoms with van der Waals surface area (Å²) in [6.45, 7) is 1.49. The minimum absolute atomic E-state index is 0.0482. The number of carbonyl (C=O) groups excluding carboxylic acids is 2. The summed E-state index contributed by atoms with van der Waals surface area (Å²) >= 11 is 0. The van der Waals surface area contributed by atoms with Gasteiger partial charge in [-0.3, -0.25) is 9.59 Å². The molecule has 0 aromatic heterocycles. The van der Waals surface area contributed by atoms with E-state index in [-0.39, 0.29) is 36.0 Å². The van der Waals surface area contributed by atoms with Crippen LogP contribution in [0.5, 0.6) is 0 Å². The summed E-state index contributed by atoms with van der Waals surface area (Å²) in [5, 5.41) is 2.84. The number of rotatable bonds is 3.